The Labute approximate surface area is 131 Å². The van der Waals surface area contributed by atoms with Crippen LogP contribution in [-0.4, -0.2) is 23.8 Å². The molecular weight excluding hydrogens is 333 g/mol. The predicted molar refractivity (Wildman–Crippen MR) is 83.9 cm³/mol. The molecule has 0 aromatic heterocycles. The lowest BCUT2D eigenvalue weighted by Gasteiger charge is -2.30. The zero-order chi connectivity index (χ0) is 14.8. The van der Waals surface area contributed by atoms with E-state index in [9.17, 15) is 9.18 Å². The normalized spacial score (nSPS) is 14.8. The highest BCUT2D eigenvalue weighted by atomic mass is 79.9. The maximum atomic E-state index is 13.9. The van der Waals surface area contributed by atoms with Gasteiger partial charge in [-0.05, 0) is 49.3 Å². The number of likely N-dealkylation sites (tertiary alicyclic amines) is 1. The number of carbonyl (C=O) groups is 1. The van der Waals surface area contributed by atoms with Crippen LogP contribution in [0.5, 0.6) is 0 Å². The van der Waals surface area contributed by atoms with Gasteiger partial charge < -0.3 is 0 Å². The average Bonchev–Trinajstić information content (AvgIpc) is 2.43. The van der Waals surface area contributed by atoms with Crippen LogP contribution in [0.2, 0.25) is 0 Å². The van der Waals surface area contributed by atoms with Gasteiger partial charge in [-0.3, -0.25) is 9.69 Å². The van der Waals surface area contributed by atoms with Gasteiger partial charge in [0.05, 0.1) is 5.56 Å². The first-order valence-corrected chi connectivity index (χ1v) is 7.74. The molecule has 0 unspecified atom stereocenters. The van der Waals surface area contributed by atoms with Gasteiger partial charge in [0, 0.05) is 16.6 Å². The van der Waals surface area contributed by atoms with E-state index in [-0.39, 0.29) is 11.3 Å². The Balaban J connectivity index is 1.85. The van der Waals surface area contributed by atoms with Gasteiger partial charge in [-0.2, -0.15) is 0 Å². The van der Waals surface area contributed by atoms with E-state index in [0.717, 1.165) is 25.2 Å². The molecule has 108 valence electrons. The van der Waals surface area contributed by atoms with Crippen molar-refractivity contribution in [2.75, 3.05) is 13.1 Å². The molecular formula is C17H15BrFNO. The molecule has 4 heteroatoms. The summed E-state index contributed by atoms with van der Waals surface area (Å²) < 4.78 is 14.5. The summed E-state index contributed by atoms with van der Waals surface area (Å²) in [5.74, 6) is -0.770. The number of carbonyl (C=O) groups excluding carboxylic acids is 1. The molecule has 1 fully saturated rings. The van der Waals surface area contributed by atoms with Crippen LogP contribution in [0.4, 0.5) is 4.39 Å². The van der Waals surface area contributed by atoms with Crippen LogP contribution in [0, 0.1) is 5.82 Å². The van der Waals surface area contributed by atoms with Gasteiger partial charge in [0.2, 0.25) is 0 Å². The predicted octanol–water partition coefficient (Wildman–Crippen LogP) is 4.02. The zero-order valence-corrected chi connectivity index (χ0v) is 13.1. The summed E-state index contributed by atoms with van der Waals surface area (Å²) in [4.78, 5) is 14.8. The van der Waals surface area contributed by atoms with Crippen molar-refractivity contribution in [3.05, 3.63) is 69.4 Å². The van der Waals surface area contributed by atoms with Crippen molar-refractivity contribution in [1.29, 1.82) is 0 Å². The quantitative estimate of drug-likeness (QED) is 0.778. The second-order valence-electron chi connectivity index (χ2n) is 5.28. The molecule has 0 amide bonds. The summed E-state index contributed by atoms with van der Waals surface area (Å²) in [6, 6.07) is 12.0. The third-order valence-corrected chi connectivity index (χ3v) is 4.21. The van der Waals surface area contributed by atoms with Gasteiger partial charge in [-0.25, -0.2) is 4.39 Å². The number of halogens is 2. The van der Waals surface area contributed by atoms with Crippen molar-refractivity contribution in [2.24, 2.45) is 0 Å². The molecule has 0 spiro atoms. The van der Waals surface area contributed by atoms with Gasteiger partial charge in [0.25, 0.3) is 0 Å². The van der Waals surface area contributed by atoms with Gasteiger partial charge in [0.1, 0.15) is 5.82 Å². The van der Waals surface area contributed by atoms with E-state index in [1.165, 1.54) is 18.6 Å². The Bertz CT molecular complexity index is 682. The first-order chi connectivity index (χ1) is 10.1. The molecule has 0 bridgehead atoms. The standard InChI is InChI=1S/C17H15BrFNO/c18-14-5-6-15(16(19)10-14)17(21)13-4-1-3-12(9-13)11-20-7-2-8-20/h1,3-6,9-10H,2,7-8,11H2. The van der Waals surface area contributed by atoms with E-state index in [1.807, 2.05) is 18.2 Å². The molecule has 21 heavy (non-hydrogen) atoms. The van der Waals surface area contributed by atoms with Crippen LogP contribution in [0.15, 0.2) is 46.9 Å². The van der Waals surface area contributed by atoms with Crippen molar-refractivity contribution >= 4 is 21.7 Å². The minimum atomic E-state index is -0.498. The van der Waals surface area contributed by atoms with Gasteiger partial charge in [-0.15, -0.1) is 0 Å². The molecule has 1 heterocycles. The summed E-state index contributed by atoms with van der Waals surface area (Å²) >= 11 is 3.20. The van der Waals surface area contributed by atoms with E-state index in [2.05, 4.69) is 20.8 Å². The zero-order valence-electron chi connectivity index (χ0n) is 11.5. The van der Waals surface area contributed by atoms with E-state index in [0.29, 0.717) is 10.0 Å². The third kappa shape index (κ3) is 3.22. The van der Waals surface area contributed by atoms with Crippen molar-refractivity contribution in [1.82, 2.24) is 4.90 Å². The van der Waals surface area contributed by atoms with Crippen molar-refractivity contribution < 1.29 is 9.18 Å². The maximum Gasteiger partial charge on any atom is 0.195 e. The SMILES string of the molecule is O=C(c1cccc(CN2CCC2)c1)c1ccc(Br)cc1F. The minimum absolute atomic E-state index is 0.110. The number of hydrogen-bond acceptors (Lipinski definition) is 2. The molecule has 1 aliphatic heterocycles. The molecule has 0 aliphatic carbocycles. The van der Waals surface area contributed by atoms with Crippen molar-refractivity contribution in [2.45, 2.75) is 13.0 Å². The fraction of sp³-hybridized carbons (Fsp3) is 0.235. The molecule has 0 radical (unpaired) electrons. The van der Waals surface area contributed by atoms with Gasteiger partial charge in [0.15, 0.2) is 5.78 Å². The molecule has 2 nitrogen and oxygen atoms in total. The molecule has 1 aliphatic rings. The maximum absolute atomic E-state index is 13.9. The molecule has 2 aromatic carbocycles. The number of nitrogens with zero attached hydrogens (tertiary/aromatic N) is 1. The first-order valence-electron chi connectivity index (χ1n) is 6.94. The van der Waals surface area contributed by atoms with Gasteiger partial charge >= 0.3 is 0 Å². The van der Waals surface area contributed by atoms with E-state index < -0.39 is 5.82 Å². The molecule has 0 atom stereocenters. The Kier molecular flexibility index (Phi) is 4.17. The van der Waals surface area contributed by atoms with Crippen LogP contribution in [-0.2, 0) is 6.54 Å². The highest BCUT2D eigenvalue weighted by Gasteiger charge is 2.17. The van der Waals surface area contributed by atoms with E-state index in [1.54, 1.807) is 12.1 Å². The van der Waals surface area contributed by atoms with Crippen molar-refractivity contribution in [3.63, 3.8) is 0 Å². The fourth-order valence-corrected chi connectivity index (χ4v) is 2.77. The Hall–Kier alpha value is -1.52. The monoisotopic (exact) mass is 347 g/mol. The fourth-order valence-electron chi connectivity index (χ4n) is 2.44. The molecule has 1 saturated heterocycles. The number of rotatable bonds is 4. The Morgan fingerprint density at radius 1 is 1.19 bits per heavy atom. The lowest BCUT2D eigenvalue weighted by molar-refractivity contribution is 0.103. The smallest absolute Gasteiger partial charge is 0.195 e. The summed E-state index contributed by atoms with van der Waals surface area (Å²) in [6.45, 7) is 3.07. The topological polar surface area (TPSA) is 20.3 Å². The van der Waals surface area contributed by atoms with E-state index in [4.69, 9.17) is 0 Å². The van der Waals surface area contributed by atoms with Crippen LogP contribution < -0.4 is 0 Å². The van der Waals surface area contributed by atoms with E-state index >= 15 is 0 Å². The van der Waals surface area contributed by atoms with Crippen LogP contribution in [0.25, 0.3) is 0 Å². The van der Waals surface area contributed by atoms with Crippen LogP contribution in [0.3, 0.4) is 0 Å². The first kappa shape index (κ1) is 14.4. The number of ketones is 1. The van der Waals surface area contributed by atoms with Crippen molar-refractivity contribution in [3.8, 4) is 0 Å². The second kappa shape index (κ2) is 6.08. The highest BCUT2D eigenvalue weighted by molar-refractivity contribution is 9.10. The minimum Gasteiger partial charge on any atom is -0.299 e. The number of benzene rings is 2. The van der Waals surface area contributed by atoms with Crippen LogP contribution in [0.1, 0.15) is 27.9 Å². The summed E-state index contributed by atoms with van der Waals surface area (Å²) in [5, 5.41) is 0. The van der Waals surface area contributed by atoms with Crippen LogP contribution >= 0.6 is 15.9 Å². The lowest BCUT2D eigenvalue weighted by atomic mass is 10.0. The third-order valence-electron chi connectivity index (χ3n) is 3.72. The molecule has 3 rings (SSSR count). The Morgan fingerprint density at radius 3 is 2.67 bits per heavy atom. The lowest BCUT2D eigenvalue weighted by Crippen LogP contribution is -2.36. The number of hydrogen-bond donors (Lipinski definition) is 0. The summed E-state index contributed by atoms with van der Waals surface area (Å²) in [5.41, 5.74) is 1.74. The second-order valence-corrected chi connectivity index (χ2v) is 6.20. The summed E-state index contributed by atoms with van der Waals surface area (Å²) in [7, 11) is 0. The summed E-state index contributed by atoms with van der Waals surface area (Å²) in [6.07, 6.45) is 1.24. The Morgan fingerprint density at radius 2 is 2.00 bits per heavy atom. The largest absolute Gasteiger partial charge is 0.299 e. The molecule has 2 aromatic rings. The molecule has 0 N–H and O–H groups in total. The molecule has 0 saturated carbocycles. The highest BCUT2D eigenvalue weighted by Crippen LogP contribution is 2.20. The van der Waals surface area contributed by atoms with Gasteiger partial charge in [-0.1, -0.05) is 34.1 Å². The average molecular weight is 348 g/mol.